The van der Waals surface area contributed by atoms with Gasteiger partial charge in [0.15, 0.2) is 0 Å². The van der Waals surface area contributed by atoms with E-state index in [-0.39, 0.29) is 0 Å². The van der Waals surface area contributed by atoms with Crippen LogP contribution in [0.5, 0.6) is 5.75 Å². The molecule has 5 atom stereocenters. The highest BCUT2D eigenvalue weighted by molar-refractivity contribution is 5.30. The van der Waals surface area contributed by atoms with Gasteiger partial charge in [0.1, 0.15) is 36.8 Å². The third kappa shape index (κ3) is 3.60. The van der Waals surface area contributed by atoms with Crippen molar-refractivity contribution in [3.05, 3.63) is 65.7 Å². The molecule has 2 aromatic rings. The maximum absolute atomic E-state index is 10.1. The second-order valence-corrected chi connectivity index (χ2v) is 6.09. The summed E-state index contributed by atoms with van der Waals surface area (Å²) in [6.07, 6.45) is -4.49. The van der Waals surface area contributed by atoms with Crippen molar-refractivity contribution >= 4 is 0 Å². The van der Waals surface area contributed by atoms with Crippen LogP contribution in [0.1, 0.15) is 24.2 Å². The molecule has 1 aliphatic heterocycles. The lowest BCUT2D eigenvalue weighted by molar-refractivity contribution is -0.0589. The molecule has 128 valence electrons. The van der Waals surface area contributed by atoms with Gasteiger partial charge in [-0.3, -0.25) is 0 Å². The highest BCUT2D eigenvalue weighted by atomic mass is 16.6. The zero-order chi connectivity index (χ0) is 17.1. The summed E-state index contributed by atoms with van der Waals surface area (Å²) >= 11 is 0. The van der Waals surface area contributed by atoms with E-state index in [1.54, 1.807) is 24.3 Å². The molecule has 1 unspecified atom stereocenters. The lowest BCUT2D eigenvalue weighted by Crippen LogP contribution is -2.36. The Morgan fingerprint density at radius 2 is 1.67 bits per heavy atom. The fourth-order valence-corrected chi connectivity index (χ4v) is 2.87. The van der Waals surface area contributed by atoms with Gasteiger partial charge in [-0.25, -0.2) is 0 Å². The summed E-state index contributed by atoms with van der Waals surface area (Å²) in [5.41, 5.74) is 1.82. The van der Waals surface area contributed by atoms with Crippen LogP contribution in [0, 0.1) is 0 Å². The van der Waals surface area contributed by atoms with Gasteiger partial charge in [-0.05, 0) is 30.2 Å². The number of benzene rings is 2. The molecule has 0 bridgehead atoms. The normalized spacial score (nSPS) is 27.8. The van der Waals surface area contributed by atoms with E-state index >= 15 is 0 Å². The van der Waals surface area contributed by atoms with Crippen LogP contribution in [-0.2, 0) is 11.3 Å². The molecule has 0 spiro atoms. The van der Waals surface area contributed by atoms with Crippen LogP contribution >= 0.6 is 0 Å². The molecule has 3 rings (SSSR count). The van der Waals surface area contributed by atoms with E-state index in [2.05, 4.69) is 0 Å². The number of hydrogen-bond donors (Lipinski definition) is 3. The van der Waals surface area contributed by atoms with E-state index in [9.17, 15) is 15.3 Å². The molecule has 24 heavy (non-hydrogen) atoms. The Morgan fingerprint density at radius 1 is 1.00 bits per heavy atom. The average molecular weight is 330 g/mol. The molecule has 3 N–H and O–H groups in total. The van der Waals surface area contributed by atoms with Crippen molar-refractivity contribution in [1.29, 1.82) is 0 Å². The maximum Gasteiger partial charge on any atom is 0.119 e. The molecule has 0 saturated carbocycles. The van der Waals surface area contributed by atoms with Crippen molar-refractivity contribution in [2.45, 2.75) is 44.1 Å². The van der Waals surface area contributed by atoms with Gasteiger partial charge in [0, 0.05) is 0 Å². The zero-order valence-corrected chi connectivity index (χ0v) is 13.4. The maximum atomic E-state index is 10.1. The van der Waals surface area contributed by atoms with Gasteiger partial charge in [0.05, 0.1) is 6.10 Å². The summed E-state index contributed by atoms with van der Waals surface area (Å²) in [6, 6.07) is 17.1. The summed E-state index contributed by atoms with van der Waals surface area (Å²) in [6.45, 7) is 2.01. The smallest absolute Gasteiger partial charge is 0.119 e. The van der Waals surface area contributed by atoms with Crippen LogP contribution in [0.2, 0.25) is 0 Å². The van der Waals surface area contributed by atoms with Crippen molar-refractivity contribution < 1.29 is 24.8 Å². The first-order valence-corrected chi connectivity index (χ1v) is 8.02. The molecule has 1 fully saturated rings. The Bertz CT molecular complexity index is 641. The second kappa shape index (κ2) is 7.32. The van der Waals surface area contributed by atoms with Crippen molar-refractivity contribution in [2.24, 2.45) is 0 Å². The summed E-state index contributed by atoms with van der Waals surface area (Å²) in [5.74, 6) is 0.711. The molecular weight excluding hydrogens is 308 g/mol. The largest absolute Gasteiger partial charge is 0.489 e. The second-order valence-electron chi connectivity index (χ2n) is 6.09. The minimum absolute atomic E-state index is 0.478. The van der Waals surface area contributed by atoms with Crippen LogP contribution in [0.3, 0.4) is 0 Å². The summed E-state index contributed by atoms with van der Waals surface area (Å²) < 4.78 is 11.3. The van der Waals surface area contributed by atoms with Crippen LogP contribution in [0.4, 0.5) is 0 Å². The Balaban J connectivity index is 1.64. The molecule has 1 heterocycles. The standard InChI is InChI=1S/C19H22O5/c1-12(20)18-16(21)17(22)19(24-18)14-7-9-15(10-8-14)23-11-13-5-3-2-4-6-13/h2-10,12,16-22H,11H2,1H3/t12?,16-,17-,18+,19-/m1/s1. The summed E-state index contributed by atoms with van der Waals surface area (Å²) in [5, 5.41) is 29.7. The van der Waals surface area contributed by atoms with Gasteiger partial charge in [0.2, 0.25) is 0 Å². The monoisotopic (exact) mass is 330 g/mol. The lowest BCUT2D eigenvalue weighted by atomic mass is 10.00. The number of rotatable bonds is 5. The van der Waals surface area contributed by atoms with Gasteiger partial charge in [-0.15, -0.1) is 0 Å². The first-order chi connectivity index (χ1) is 11.6. The van der Waals surface area contributed by atoms with Gasteiger partial charge >= 0.3 is 0 Å². The zero-order valence-electron chi connectivity index (χ0n) is 13.4. The number of aliphatic hydroxyl groups excluding tert-OH is 3. The van der Waals surface area contributed by atoms with Gasteiger partial charge in [-0.1, -0.05) is 42.5 Å². The average Bonchev–Trinajstić information content (AvgIpc) is 2.90. The Morgan fingerprint density at radius 3 is 2.25 bits per heavy atom. The van der Waals surface area contributed by atoms with Crippen molar-refractivity contribution in [3.8, 4) is 5.75 Å². The highest BCUT2D eigenvalue weighted by Gasteiger charge is 2.45. The molecule has 5 heteroatoms. The Labute approximate surface area is 141 Å². The van der Waals surface area contributed by atoms with Crippen molar-refractivity contribution in [3.63, 3.8) is 0 Å². The van der Waals surface area contributed by atoms with Crippen molar-refractivity contribution in [1.82, 2.24) is 0 Å². The van der Waals surface area contributed by atoms with Crippen LogP contribution in [-0.4, -0.2) is 39.7 Å². The van der Waals surface area contributed by atoms with Crippen LogP contribution < -0.4 is 4.74 Å². The SMILES string of the molecule is CC(O)[C@@H]1O[C@H](c2ccc(OCc3ccccc3)cc2)[C@H](O)[C@H]1O. The van der Waals surface area contributed by atoms with E-state index in [1.807, 2.05) is 30.3 Å². The van der Waals surface area contributed by atoms with Gasteiger partial charge < -0.3 is 24.8 Å². The van der Waals surface area contributed by atoms with Crippen molar-refractivity contribution in [2.75, 3.05) is 0 Å². The third-order valence-electron chi connectivity index (χ3n) is 4.23. The van der Waals surface area contributed by atoms with Gasteiger partial charge in [-0.2, -0.15) is 0 Å². The molecule has 0 aliphatic carbocycles. The Kier molecular flexibility index (Phi) is 5.16. The minimum atomic E-state index is -1.11. The van der Waals surface area contributed by atoms with Crippen LogP contribution in [0.25, 0.3) is 0 Å². The van der Waals surface area contributed by atoms with E-state index in [4.69, 9.17) is 9.47 Å². The lowest BCUT2D eigenvalue weighted by Gasteiger charge is -2.17. The minimum Gasteiger partial charge on any atom is -0.489 e. The first-order valence-electron chi connectivity index (χ1n) is 8.02. The quantitative estimate of drug-likeness (QED) is 0.779. The molecular formula is C19H22O5. The van der Waals surface area contributed by atoms with E-state index < -0.39 is 30.5 Å². The number of aliphatic hydroxyl groups is 3. The molecule has 0 radical (unpaired) electrons. The number of hydrogen-bond acceptors (Lipinski definition) is 5. The fraction of sp³-hybridized carbons (Fsp3) is 0.368. The highest BCUT2D eigenvalue weighted by Crippen LogP contribution is 2.35. The molecule has 1 saturated heterocycles. The topological polar surface area (TPSA) is 79.2 Å². The third-order valence-corrected chi connectivity index (χ3v) is 4.23. The predicted molar refractivity (Wildman–Crippen MR) is 88.5 cm³/mol. The number of ether oxygens (including phenoxy) is 2. The van der Waals surface area contributed by atoms with E-state index in [0.717, 1.165) is 11.1 Å². The molecule has 0 amide bonds. The summed E-state index contributed by atoms with van der Waals surface area (Å²) in [7, 11) is 0. The molecule has 0 aromatic heterocycles. The molecule has 5 nitrogen and oxygen atoms in total. The first kappa shape index (κ1) is 16.9. The Hall–Kier alpha value is -1.92. The van der Waals surface area contributed by atoms with Crippen LogP contribution in [0.15, 0.2) is 54.6 Å². The molecule has 2 aromatic carbocycles. The van der Waals surface area contributed by atoms with E-state index in [1.165, 1.54) is 6.92 Å². The summed E-state index contributed by atoms with van der Waals surface area (Å²) in [4.78, 5) is 0. The predicted octanol–water partition coefficient (Wildman–Crippen LogP) is 1.81. The van der Waals surface area contributed by atoms with E-state index in [0.29, 0.717) is 12.4 Å². The van der Waals surface area contributed by atoms with Gasteiger partial charge in [0.25, 0.3) is 0 Å². The fourth-order valence-electron chi connectivity index (χ4n) is 2.87. The molecule has 1 aliphatic rings.